The van der Waals surface area contributed by atoms with Gasteiger partial charge in [-0.05, 0) is 51.6 Å². The average molecular weight is 237 g/mol. The molecular weight excluding hydrogens is 215 g/mol. The Morgan fingerprint density at radius 1 is 1.12 bits per heavy atom. The van der Waals surface area contributed by atoms with Crippen LogP contribution in [0.15, 0.2) is 0 Å². The van der Waals surface area contributed by atoms with E-state index in [4.69, 9.17) is 0 Å². The Morgan fingerprint density at radius 3 is 2.12 bits per heavy atom. The molecule has 1 aliphatic rings. The Labute approximate surface area is 96.0 Å². The van der Waals surface area contributed by atoms with Crippen molar-refractivity contribution in [3.05, 3.63) is 0 Å². The molecule has 0 N–H and O–H groups in total. The number of alkyl halides is 3. The molecule has 0 heterocycles. The first kappa shape index (κ1) is 13.8. The van der Waals surface area contributed by atoms with E-state index in [0.29, 0.717) is 18.8 Å². The van der Waals surface area contributed by atoms with Gasteiger partial charge in [-0.1, -0.05) is 6.92 Å². The topological polar surface area (TPSA) is 3.24 Å². The molecule has 16 heavy (non-hydrogen) atoms. The summed E-state index contributed by atoms with van der Waals surface area (Å²) in [7, 11) is 2.05. The summed E-state index contributed by atoms with van der Waals surface area (Å²) in [6, 6.07) is 0. The quantitative estimate of drug-likeness (QED) is 0.720. The highest BCUT2D eigenvalue weighted by Gasteiger charge is 2.41. The molecule has 1 aliphatic carbocycles. The lowest BCUT2D eigenvalue weighted by atomic mass is 9.81. The molecule has 0 saturated heterocycles. The Bertz CT molecular complexity index is 195. The number of hydrogen-bond donors (Lipinski definition) is 0. The maximum atomic E-state index is 12.4. The van der Waals surface area contributed by atoms with Crippen molar-refractivity contribution in [1.82, 2.24) is 4.90 Å². The van der Waals surface area contributed by atoms with Gasteiger partial charge in [0.1, 0.15) is 0 Å². The van der Waals surface area contributed by atoms with Gasteiger partial charge in [-0.25, -0.2) is 0 Å². The van der Waals surface area contributed by atoms with Gasteiger partial charge in [0.05, 0.1) is 5.92 Å². The molecule has 0 aromatic rings. The second kappa shape index (κ2) is 5.89. The van der Waals surface area contributed by atoms with E-state index in [-0.39, 0.29) is 0 Å². The van der Waals surface area contributed by atoms with Crippen LogP contribution in [0, 0.1) is 11.8 Å². The predicted octanol–water partition coefficient (Wildman–Crippen LogP) is 3.70. The highest BCUT2D eigenvalue weighted by atomic mass is 19.4. The summed E-state index contributed by atoms with van der Waals surface area (Å²) in [5.74, 6) is -0.574. The van der Waals surface area contributed by atoms with Crippen LogP contribution in [-0.4, -0.2) is 31.2 Å². The molecule has 0 unspecified atom stereocenters. The van der Waals surface area contributed by atoms with E-state index in [0.717, 1.165) is 32.4 Å². The lowest BCUT2D eigenvalue weighted by Gasteiger charge is -2.32. The molecule has 96 valence electrons. The molecule has 0 atom stereocenters. The Balaban J connectivity index is 2.27. The van der Waals surface area contributed by atoms with E-state index >= 15 is 0 Å². The summed E-state index contributed by atoms with van der Waals surface area (Å²) in [5.41, 5.74) is 0. The Hall–Kier alpha value is -0.250. The second-order valence-corrected chi connectivity index (χ2v) is 5.02. The lowest BCUT2D eigenvalue weighted by molar-refractivity contribution is -0.184. The van der Waals surface area contributed by atoms with Crippen molar-refractivity contribution in [3.8, 4) is 0 Å². The Kier molecular flexibility index (Phi) is 5.09. The van der Waals surface area contributed by atoms with Crippen LogP contribution < -0.4 is 0 Å². The maximum Gasteiger partial charge on any atom is 0.391 e. The minimum atomic E-state index is -3.97. The van der Waals surface area contributed by atoms with Crippen molar-refractivity contribution in [1.29, 1.82) is 0 Å². The average Bonchev–Trinajstić information content (AvgIpc) is 2.17. The van der Waals surface area contributed by atoms with Crippen LogP contribution in [-0.2, 0) is 0 Å². The minimum Gasteiger partial charge on any atom is -0.306 e. The van der Waals surface area contributed by atoms with Crippen molar-refractivity contribution in [2.75, 3.05) is 20.1 Å². The second-order valence-electron chi connectivity index (χ2n) is 5.02. The van der Waals surface area contributed by atoms with Crippen LogP contribution in [0.25, 0.3) is 0 Å². The first-order chi connectivity index (χ1) is 7.43. The molecule has 0 radical (unpaired) electrons. The summed E-state index contributed by atoms with van der Waals surface area (Å²) < 4.78 is 37.3. The third kappa shape index (κ3) is 4.32. The van der Waals surface area contributed by atoms with Crippen LogP contribution in [0.2, 0.25) is 0 Å². The molecule has 0 aromatic heterocycles. The van der Waals surface area contributed by atoms with Crippen molar-refractivity contribution in [3.63, 3.8) is 0 Å². The molecular formula is C12H22F3N. The van der Waals surface area contributed by atoms with Crippen molar-refractivity contribution in [2.24, 2.45) is 11.8 Å². The van der Waals surface area contributed by atoms with Crippen LogP contribution in [0.4, 0.5) is 13.2 Å². The van der Waals surface area contributed by atoms with Gasteiger partial charge in [-0.3, -0.25) is 0 Å². The fourth-order valence-corrected chi connectivity index (χ4v) is 2.59. The van der Waals surface area contributed by atoms with Crippen LogP contribution in [0.1, 0.15) is 39.0 Å². The normalized spacial score (nSPS) is 27.4. The third-order valence-corrected chi connectivity index (χ3v) is 3.48. The summed E-state index contributed by atoms with van der Waals surface area (Å²) in [4.78, 5) is 2.23. The molecule has 1 rings (SSSR count). The lowest BCUT2D eigenvalue weighted by Crippen LogP contribution is -2.32. The van der Waals surface area contributed by atoms with E-state index in [1.807, 2.05) is 0 Å². The van der Waals surface area contributed by atoms with Gasteiger partial charge in [0.2, 0.25) is 0 Å². The van der Waals surface area contributed by atoms with E-state index in [1.165, 1.54) is 0 Å². The summed E-state index contributed by atoms with van der Waals surface area (Å²) in [6.07, 6.45) is -0.743. The van der Waals surface area contributed by atoms with Crippen LogP contribution >= 0.6 is 0 Å². The van der Waals surface area contributed by atoms with Gasteiger partial charge in [-0.15, -0.1) is 0 Å². The maximum absolute atomic E-state index is 12.4. The minimum absolute atomic E-state index is 0.328. The molecule has 0 spiro atoms. The molecule has 4 heteroatoms. The Morgan fingerprint density at radius 2 is 1.69 bits per heavy atom. The van der Waals surface area contributed by atoms with Gasteiger partial charge in [-0.2, -0.15) is 13.2 Å². The van der Waals surface area contributed by atoms with Gasteiger partial charge >= 0.3 is 6.18 Å². The standard InChI is InChI=1S/C12H22F3N/c1-3-8-16(2)9-10-4-6-11(7-5-10)12(13,14)15/h10-11H,3-9H2,1-2H3. The molecule has 0 aromatic carbocycles. The highest BCUT2D eigenvalue weighted by molar-refractivity contribution is 4.78. The molecule has 0 aliphatic heterocycles. The third-order valence-electron chi connectivity index (χ3n) is 3.48. The van der Waals surface area contributed by atoms with Gasteiger partial charge in [0.15, 0.2) is 0 Å². The summed E-state index contributed by atoms with van der Waals surface area (Å²) in [6.45, 7) is 4.12. The summed E-state index contributed by atoms with van der Waals surface area (Å²) >= 11 is 0. The first-order valence-electron chi connectivity index (χ1n) is 6.18. The van der Waals surface area contributed by atoms with Crippen molar-refractivity contribution in [2.45, 2.75) is 45.2 Å². The fraction of sp³-hybridized carbons (Fsp3) is 1.00. The zero-order valence-electron chi connectivity index (χ0n) is 10.2. The molecule has 1 nitrogen and oxygen atoms in total. The number of rotatable bonds is 4. The molecule has 0 amide bonds. The molecule has 0 bridgehead atoms. The number of hydrogen-bond acceptors (Lipinski definition) is 1. The first-order valence-corrected chi connectivity index (χ1v) is 6.18. The van der Waals surface area contributed by atoms with Gasteiger partial charge in [0.25, 0.3) is 0 Å². The van der Waals surface area contributed by atoms with Crippen molar-refractivity contribution < 1.29 is 13.2 Å². The SMILES string of the molecule is CCCN(C)CC1CCC(C(F)(F)F)CC1. The van der Waals surface area contributed by atoms with Gasteiger partial charge in [0, 0.05) is 6.54 Å². The van der Waals surface area contributed by atoms with E-state index in [1.54, 1.807) is 0 Å². The summed E-state index contributed by atoms with van der Waals surface area (Å²) in [5, 5.41) is 0. The van der Waals surface area contributed by atoms with Crippen LogP contribution in [0.5, 0.6) is 0 Å². The molecule has 1 saturated carbocycles. The van der Waals surface area contributed by atoms with Crippen molar-refractivity contribution >= 4 is 0 Å². The van der Waals surface area contributed by atoms with E-state index in [9.17, 15) is 13.2 Å². The largest absolute Gasteiger partial charge is 0.391 e. The highest BCUT2D eigenvalue weighted by Crippen LogP contribution is 2.39. The number of nitrogens with zero attached hydrogens (tertiary/aromatic N) is 1. The zero-order valence-corrected chi connectivity index (χ0v) is 10.2. The molecule has 1 fully saturated rings. The smallest absolute Gasteiger partial charge is 0.306 e. The van der Waals surface area contributed by atoms with Gasteiger partial charge < -0.3 is 4.90 Å². The van der Waals surface area contributed by atoms with E-state index in [2.05, 4.69) is 18.9 Å². The van der Waals surface area contributed by atoms with E-state index < -0.39 is 12.1 Å². The fourth-order valence-electron chi connectivity index (χ4n) is 2.59. The monoisotopic (exact) mass is 237 g/mol. The predicted molar refractivity (Wildman–Crippen MR) is 59.3 cm³/mol. The number of halogens is 3. The zero-order chi connectivity index (χ0) is 12.2. The van der Waals surface area contributed by atoms with Crippen LogP contribution in [0.3, 0.4) is 0 Å².